The van der Waals surface area contributed by atoms with E-state index >= 15 is 0 Å². The standard InChI is InChI=1S/C29H31N3O7/c1-18(2)39-29(37)31-23-16-22(14-19(3)25(23)27(34)35)30-26(33)24(15-20-10-6-4-7-11-20)32-28(36)38-17-21-12-8-5-9-13-21/h4-14,16,18,24H,15,17H2,1-3H3,(H,30,33)(H,31,37)(H,32,36)(H,34,35)/t24-/m0/s1. The van der Waals surface area contributed by atoms with Crippen LogP contribution in [0.5, 0.6) is 0 Å². The number of aromatic carboxylic acids is 1. The molecule has 0 unspecified atom stereocenters. The Hall–Kier alpha value is -4.86. The number of alkyl carbamates (subject to hydrolysis) is 1. The van der Waals surface area contributed by atoms with E-state index in [1.807, 2.05) is 60.7 Å². The number of carbonyl (C=O) groups is 4. The van der Waals surface area contributed by atoms with E-state index in [0.717, 1.165) is 11.1 Å². The SMILES string of the molecule is Cc1cc(NC(=O)[C@H](Cc2ccccc2)NC(=O)OCc2ccccc2)cc(NC(=O)OC(C)C)c1C(=O)O. The van der Waals surface area contributed by atoms with Gasteiger partial charge in [0.2, 0.25) is 5.91 Å². The van der Waals surface area contributed by atoms with Gasteiger partial charge in [0.05, 0.1) is 17.4 Å². The van der Waals surface area contributed by atoms with Crippen LogP contribution in [0.4, 0.5) is 21.0 Å². The molecule has 10 nitrogen and oxygen atoms in total. The number of carbonyl (C=O) groups excluding carboxylic acids is 3. The molecule has 3 amide bonds. The molecule has 3 aromatic rings. The minimum Gasteiger partial charge on any atom is -0.478 e. The molecule has 10 heteroatoms. The van der Waals surface area contributed by atoms with Crippen molar-refractivity contribution >= 4 is 35.4 Å². The first-order chi connectivity index (χ1) is 18.6. The summed E-state index contributed by atoms with van der Waals surface area (Å²) in [7, 11) is 0. The predicted octanol–water partition coefficient (Wildman–Crippen LogP) is 5.13. The van der Waals surface area contributed by atoms with Gasteiger partial charge >= 0.3 is 18.2 Å². The van der Waals surface area contributed by atoms with E-state index in [4.69, 9.17) is 9.47 Å². The lowest BCUT2D eigenvalue weighted by molar-refractivity contribution is -0.118. The zero-order chi connectivity index (χ0) is 28.4. The number of aryl methyl sites for hydroxylation is 1. The highest BCUT2D eigenvalue weighted by molar-refractivity contribution is 6.03. The molecule has 0 radical (unpaired) electrons. The Labute approximate surface area is 226 Å². The molecule has 0 saturated heterocycles. The Kier molecular flexibility index (Phi) is 10.0. The van der Waals surface area contributed by atoms with Crippen LogP contribution in [0, 0.1) is 6.92 Å². The van der Waals surface area contributed by atoms with Gasteiger partial charge in [-0.2, -0.15) is 0 Å². The summed E-state index contributed by atoms with van der Waals surface area (Å²) in [4.78, 5) is 49.9. The second-order valence-electron chi connectivity index (χ2n) is 9.04. The lowest BCUT2D eigenvalue weighted by Gasteiger charge is -2.20. The fraction of sp³-hybridized carbons (Fsp3) is 0.241. The van der Waals surface area contributed by atoms with Gasteiger partial charge in [0.25, 0.3) is 0 Å². The number of nitrogens with one attached hydrogen (secondary N) is 3. The van der Waals surface area contributed by atoms with Crippen molar-refractivity contribution in [2.24, 2.45) is 0 Å². The molecule has 0 fully saturated rings. The number of ether oxygens (including phenoxy) is 2. The average Bonchev–Trinajstić information content (AvgIpc) is 2.87. The highest BCUT2D eigenvalue weighted by atomic mass is 16.6. The smallest absolute Gasteiger partial charge is 0.411 e. The molecule has 0 aromatic heterocycles. The molecule has 0 aliphatic rings. The first-order valence-electron chi connectivity index (χ1n) is 12.3. The summed E-state index contributed by atoms with van der Waals surface area (Å²) in [5.74, 6) is -1.82. The summed E-state index contributed by atoms with van der Waals surface area (Å²) >= 11 is 0. The third-order valence-electron chi connectivity index (χ3n) is 5.50. The molecule has 4 N–H and O–H groups in total. The summed E-state index contributed by atoms with van der Waals surface area (Å²) in [6, 6.07) is 20.0. The molecule has 0 bridgehead atoms. The normalized spacial score (nSPS) is 11.3. The molecular weight excluding hydrogens is 502 g/mol. The Morgan fingerprint density at radius 3 is 2.05 bits per heavy atom. The van der Waals surface area contributed by atoms with Crippen molar-refractivity contribution in [3.8, 4) is 0 Å². The molecule has 0 spiro atoms. The quantitative estimate of drug-likeness (QED) is 0.283. The van der Waals surface area contributed by atoms with Gasteiger partial charge in [-0.15, -0.1) is 0 Å². The maximum Gasteiger partial charge on any atom is 0.411 e. The zero-order valence-electron chi connectivity index (χ0n) is 21.9. The molecule has 0 aliphatic carbocycles. The van der Waals surface area contributed by atoms with Crippen LogP contribution in [0.1, 0.15) is 40.9 Å². The summed E-state index contributed by atoms with van der Waals surface area (Å²) in [5, 5.41) is 17.4. The maximum atomic E-state index is 13.3. The first kappa shape index (κ1) is 28.7. The third-order valence-corrected chi connectivity index (χ3v) is 5.50. The van der Waals surface area contributed by atoms with E-state index in [-0.39, 0.29) is 30.0 Å². The number of carboxylic acids is 1. The topological polar surface area (TPSA) is 143 Å². The van der Waals surface area contributed by atoms with E-state index in [2.05, 4.69) is 16.0 Å². The van der Waals surface area contributed by atoms with Crippen molar-refractivity contribution in [3.05, 3.63) is 95.1 Å². The van der Waals surface area contributed by atoms with E-state index in [1.165, 1.54) is 12.1 Å². The number of benzene rings is 3. The number of anilines is 2. The van der Waals surface area contributed by atoms with E-state index in [1.54, 1.807) is 20.8 Å². The van der Waals surface area contributed by atoms with Crippen LogP contribution in [-0.2, 0) is 27.3 Å². The van der Waals surface area contributed by atoms with Crippen molar-refractivity contribution in [1.82, 2.24) is 5.32 Å². The average molecular weight is 534 g/mol. The second-order valence-corrected chi connectivity index (χ2v) is 9.04. The third kappa shape index (κ3) is 8.89. The zero-order valence-corrected chi connectivity index (χ0v) is 21.9. The number of carboxylic acid groups (broad SMARTS) is 1. The van der Waals surface area contributed by atoms with E-state index in [9.17, 15) is 24.3 Å². The predicted molar refractivity (Wildman–Crippen MR) is 146 cm³/mol. The summed E-state index contributed by atoms with van der Waals surface area (Å²) in [5.41, 5.74) is 1.93. The van der Waals surface area contributed by atoms with Crippen LogP contribution in [-0.4, -0.2) is 41.3 Å². The summed E-state index contributed by atoms with van der Waals surface area (Å²) in [6.45, 7) is 4.89. The van der Waals surface area contributed by atoms with Crippen LogP contribution in [0.15, 0.2) is 72.8 Å². The van der Waals surface area contributed by atoms with E-state index < -0.39 is 36.2 Å². The molecule has 0 aliphatic heterocycles. The fourth-order valence-electron chi connectivity index (χ4n) is 3.79. The van der Waals surface area contributed by atoms with Crippen LogP contribution < -0.4 is 16.0 Å². The van der Waals surface area contributed by atoms with Crippen molar-refractivity contribution in [1.29, 1.82) is 0 Å². The van der Waals surface area contributed by atoms with Crippen molar-refractivity contribution in [2.45, 2.75) is 45.9 Å². The van der Waals surface area contributed by atoms with Crippen LogP contribution >= 0.6 is 0 Å². The molecule has 0 heterocycles. The molecule has 3 aromatic carbocycles. The highest BCUT2D eigenvalue weighted by Gasteiger charge is 2.24. The number of hydrogen-bond acceptors (Lipinski definition) is 6. The van der Waals surface area contributed by atoms with Crippen molar-refractivity contribution in [2.75, 3.05) is 10.6 Å². The molecular formula is C29H31N3O7. The lowest BCUT2D eigenvalue weighted by Crippen LogP contribution is -2.45. The summed E-state index contributed by atoms with van der Waals surface area (Å²) < 4.78 is 10.4. The minimum absolute atomic E-state index is 0.0314. The van der Waals surface area contributed by atoms with Gasteiger partial charge in [-0.25, -0.2) is 14.4 Å². The van der Waals surface area contributed by atoms with Crippen LogP contribution in [0.3, 0.4) is 0 Å². The van der Waals surface area contributed by atoms with Gasteiger partial charge in [0.1, 0.15) is 12.6 Å². The molecule has 1 atom stereocenters. The van der Waals surface area contributed by atoms with Gasteiger partial charge in [-0.1, -0.05) is 60.7 Å². The Morgan fingerprint density at radius 2 is 1.46 bits per heavy atom. The maximum absolute atomic E-state index is 13.3. The fourth-order valence-corrected chi connectivity index (χ4v) is 3.79. The number of hydrogen-bond donors (Lipinski definition) is 4. The molecule has 3 rings (SSSR count). The molecule has 0 saturated carbocycles. The largest absolute Gasteiger partial charge is 0.478 e. The highest BCUT2D eigenvalue weighted by Crippen LogP contribution is 2.26. The van der Waals surface area contributed by atoms with Crippen LogP contribution in [0.2, 0.25) is 0 Å². The Balaban J connectivity index is 1.80. The monoisotopic (exact) mass is 533 g/mol. The van der Waals surface area contributed by atoms with Gasteiger partial charge in [0.15, 0.2) is 0 Å². The lowest BCUT2D eigenvalue weighted by atomic mass is 10.0. The molecule has 39 heavy (non-hydrogen) atoms. The van der Waals surface area contributed by atoms with Gasteiger partial charge in [-0.3, -0.25) is 10.1 Å². The molecule has 204 valence electrons. The van der Waals surface area contributed by atoms with Gasteiger partial charge in [-0.05, 0) is 49.6 Å². The minimum atomic E-state index is -1.25. The first-order valence-corrected chi connectivity index (χ1v) is 12.3. The van der Waals surface area contributed by atoms with E-state index in [0.29, 0.717) is 5.56 Å². The summed E-state index contributed by atoms with van der Waals surface area (Å²) in [6.07, 6.45) is -1.86. The van der Waals surface area contributed by atoms with Crippen molar-refractivity contribution < 1.29 is 33.8 Å². The van der Waals surface area contributed by atoms with Crippen molar-refractivity contribution in [3.63, 3.8) is 0 Å². The van der Waals surface area contributed by atoms with Crippen LogP contribution in [0.25, 0.3) is 0 Å². The van der Waals surface area contributed by atoms with Gasteiger partial charge < -0.3 is 25.2 Å². The number of rotatable bonds is 10. The second kappa shape index (κ2) is 13.6. The Bertz CT molecular complexity index is 1310. The van der Waals surface area contributed by atoms with Gasteiger partial charge in [0, 0.05) is 12.1 Å². The number of amides is 3. The Morgan fingerprint density at radius 1 is 0.846 bits per heavy atom.